The topological polar surface area (TPSA) is 43.4 Å². The minimum Gasteiger partial charge on any atom is -0.370 e. The normalized spacial score (nSPS) is 55.8. The van der Waals surface area contributed by atoms with E-state index in [9.17, 15) is 9.59 Å². The summed E-state index contributed by atoms with van der Waals surface area (Å²) in [5, 5.41) is 0. The zero-order valence-electron chi connectivity index (χ0n) is 20.3. The van der Waals surface area contributed by atoms with Crippen LogP contribution in [0.2, 0.25) is 0 Å². The molecule has 30 heavy (non-hydrogen) atoms. The lowest BCUT2D eigenvalue weighted by molar-refractivity contribution is -0.183. The molecular formula is C27H42O3. The smallest absolute Gasteiger partial charge is 0.164 e. The molecule has 0 aromatic carbocycles. The van der Waals surface area contributed by atoms with Crippen molar-refractivity contribution < 1.29 is 14.3 Å². The molecule has 0 radical (unpaired) electrons. The van der Waals surface area contributed by atoms with Crippen molar-refractivity contribution in [3.8, 4) is 0 Å². The molecule has 9 atom stereocenters. The van der Waals surface area contributed by atoms with Gasteiger partial charge in [-0.15, -0.1) is 0 Å². The second-order valence-electron chi connectivity index (χ2n) is 13.1. The van der Waals surface area contributed by atoms with E-state index in [1.165, 1.54) is 12.8 Å². The minimum atomic E-state index is -0.584. The highest BCUT2D eigenvalue weighted by Crippen LogP contribution is 2.79. The van der Waals surface area contributed by atoms with Gasteiger partial charge in [0, 0.05) is 30.8 Å². The van der Waals surface area contributed by atoms with Gasteiger partial charge in [0.25, 0.3) is 0 Å². The molecule has 0 N–H and O–H groups in total. The van der Waals surface area contributed by atoms with Crippen molar-refractivity contribution in [1.29, 1.82) is 0 Å². The van der Waals surface area contributed by atoms with Crippen LogP contribution in [0.3, 0.4) is 0 Å². The van der Waals surface area contributed by atoms with Gasteiger partial charge in [-0.25, -0.2) is 0 Å². The Labute approximate surface area is 183 Å². The van der Waals surface area contributed by atoms with Gasteiger partial charge in [0.15, 0.2) is 5.78 Å². The predicted molar refractivity (Wildman–Crippen MR) is 118 cm³/mol. The SMILES string of the molecule is CCC(=O)C1(OC)CCC2C3CC(C)(C)C4CC(=O)C5(C)CC5(C)C4C3CC[C@@]21C. The summed E-state index contributed by atoms with van der Waals surface area (Å²) in [5.41, 5.74) is -0.315. The second-order valence-corrected chi connectivity index (χ2v) is 13.1. The number of methoxy groups -OCH3 is 1. The van der Waals surface area contributed by atoms with Crippen LogP contribution in [0.25, 0.3) is 0 Å². The van der Waals surface area contributed by atoms with E-state index in [1.54, 1.807) is 7.11 Å². The van der Waals surface area contributed by atoms with Crippen molar-refractivity contribution in [1.82, 2.24) is 0 Å². The number of ether oxygens (including phenoxy) is 1. The van der Waals surface area contributed by atoms with Crippen molar-refractivity contribution in [3.05, 3.63) is 0 Å². The van der Waals surface area contributed by atoms with Crippen molar-refractivity contribution in [2.75, 3.05) is 7.11 Å². The lowest BCUT2D eigenvalue weighted by atomic mass is 9.42. The largest absolute Gasteiger partial charge is 0.370 e. The fraction of sp³-hybridized carbons (Fsp3) is 0.926. The number of ketones is 2. The van der Waals surface area contributed by atoms with Crippen LogP contribution < -0.4 is 0 Å². The first kappa shape index (κ1) is 21.2. The van der Waals surface area contributed by atoms with E-state index in [0.29, 0.717) is 47.6 Å². The molecule has 0 bridgehead atoms. The molecular weight excluding hydrogens is 372 g/mol. The monoisotopic (exact) mass is 414 g/mol. The van der Waals surface area contributed by atoms with Crippen LogP contribution in [0.15, 0.2) is 0 Å². The van der Waals surface area contributed by atoms with E-state index in [2.05, 4.69) is 34.6 Å². The van der Waals surface area contributed by atoms with Crippen molar-refractivity contribution in [3.63, 3.8) is 0 Å². The highest BCUT2D eigenvalue weighted by molar-refractivity contribution is 5.90. The second kappa shape index (κ2) is 6.00. The Morgan fingerprint density at radius 3 is 2.33 bits per heavy atom. The summed E-state index contributed by atoms with van der Waals surface area (Å²) >= 11 is 0. The van der Waals surface area contributed by atoms with Crippen molar-refractivity contribution in [2.45, 2.75) is 98.5 Å². The maximum absolute atomic E-state index is 13.2. The molecule has 0 aromatic rings. The first-order valence-corrected chi connectivity index (χ1v) is 12.5. The molecule has 0 aromatic heterocycles. The Bertz CT molecular complexity index is 800. The van der Waals surface area contributed by atoms with Gasteiger partial charge in [-0.2, -0.15) is 0 Å². The number of fused-ring (bicyclic) bond motifs is 7. The van der Waals surface area contributed by atoms with Gasteiger partial charge in [-0.1, -0.05) is 41.5 Å². The van der Waals surface area contributed by atoms with Gasteiger partial charge in [-0.05, 0) is 78.9 Å². The van der Waals surface area contributed by atoms with Crippen LogP contribution in [0.5, 0.6) is 0 Å². The average Bonchev–Trinajstić information content (AvgIpc) is 3.14. The molecule has 5 fully saturated rings. The number of Topliss-reactive ketones (excluding diaryl/α,β-unsaturated/α-hetero) is 2. The summed E-state index contributed by atoms with van der Waals surface area (Å²) < 4.78 is 6.15. The average molecular weight is 415 g/mol. The van der Waals surface area contributed by atoms with E-state index in [4.69, 9.17) is 4.74 Å². The lowest BCUT2D eigenvalue weighted by Crippen LogP contribution is -2.60. The van der Waals surface area contributed by atoms with E-state index in [0.717, 1.165) is 32.1 Å². The van der Waals surface area contributed by atoms with Crippen LogP contribution in [0.4, 0.5) is 0 Å². The predicted octanol–water partition coefficient (Wildman–Crippen LogP) is 5.84. The molecule has 0 amide bonds. The summed E-state index contributed by atoms with van der Waals surface area (Å²) in [6.45, 7) is 13.9. The summed E-state index contributed by atoms with van der Waals surface area (Å²) in [4.78, 5) is 26.2. The third-order valence-electron chi connectivity index (χ3n) is 12.0. The first-order chi connectivity index (χ1) is 13.9. The molecule has 3 heteroatoms. The molecule has 0 spiro atoms. The molecule has 5 rings (SSSR count). The summed E-state index contributed by atoms with van der Waals surface area (Å²) in [7, 11) is 1.78. The van der Waals surface area contributed by atoms with Crippen LogP contribution >= 0.6 is 0 Å². The van der Waals surface area contributed by atoms with Crippen LogP contribution in [-0.4, -0.2) is 24.3 Å². The van der Waals surface area contributed by atoms with Crippen LogP contribution in [0, 0.1) is 51.2 Å². The maximum Gasteiger partial charge on any atom is 0.164 e. The number of rotatable bonds is 3. The molecule has 0 heterocycles. The van der Waals surface area contributed by atoms with Gasteiger partial charge >= 0.3 is 0 Å². The summed E-state index contributed by atoms with van der Waals surface area (Å²) in [6.07, 6.45) is 7.99. The minimum absolute atomic E-state index is 0.0445. The van der Waals surface area contributed by atoms with Crippen molar-refractivity contribution >= 4 is 11.6 Å². The first-order valence-electron chi connectivity index (χ1n) is 12.5. The Morgan fingerprint density at radius 2 is 1.70 bits per heavy atom. The Morgan fingerprint density at radius 1 is 1.00 bits per heavy atom. The van der Waals surface area contributed by atoms with E-state index >= 15 is 0 Å². The highest BCUT2D eigenvalue weighted by atomic mass is 16.5. The molecule has 0 saturated heterocycles. The fourth-order valence-electron chi connectivity index (χ4n) is 10.1. The quantitative estimate of drug-likeness (QED) is 0.582. The Balaban J connectivity index is 1.55. The van der Waals surface area contributed by atoms with Gasteiger partial charge in [0.05, 0.1) is 0 Å². The van der Waals surface area contributed by atoms with Gasteiger partial charge in [0.1, 0.15) is 11.4 Å². The number of hydrogen-bond donors (Lipinski definition) is 0. The third-order valence-corrected chi connectivity index (χ3v) is 12.0. The zero-order chi connectivity index (χ0) is 21.9. The standard InChI is InChI=1S/C27H42O3/c1-8-20(28)27(30-7)12-10-18-17-14-23(2,3)19-13-21(29)25(5)15-26(25,6)22(19)16(17)9-11-24(18,27)4/h16-19,22H,8-15H2,1-7H3/t16?,17?,18?,19?,22?,24-,25?,26?,27?/m0/s1. The summed E-state index contributed by atoms with van der Waals surface area (Å²) in [5.74, 6) is 3.98. The number of carbonyl (C=O) groups is 2. The molecule has 3 nitrogen and oxygen atoms in total. The van der Waals surface area contributed by atoms with E-state index in [1.807, 2.05) is 6.92 Å². The molecule has 5 saturated carbocycles. The van der Waals surface area contributed by atoms with Crippen LogP contribution in [-0.2, 0) is 14.3 Å². The maximum atomic E-state index is 13.2. The van der Waals surface area contributed by atoms with E-state index < -0.39 is 5.60 Å². The van der Waals surface area contributed by atoms with Crippen LogP contribution in [0.1, 0.15) is 92.9 Å². The molecule has 8 unspecified atom stereocenters. The molecule has 168 valence electrons. The fourth-order valence-corrected chi connectivity index (χ4v) is 10.1. The van der Waals surface area contributed by atoms with Gasteiger partial charge in [-0.3, -0.25) is 9.59 Å². The molecule has 0 aliphatic heterocycles. The number of carbonyl (C=O) groups excluding carboxylic acids is 2. The third kappa shape index (κ3) is 2.17. The lowest BCUT2D eigenvalue weighted by Gasteiger charge is -2.63. The Kier molecular flexibility index (Phi) is 4.23. The molecule has 5 aliphatic rings. The Hall–Kier alpha value is -0.700. The molecule has 5 aliphatic carbocycles. The highest BCUT2D eigenvalue weighted by Gasteiger charge is 2.77. The van der Waals surface area contributed by atoms with E-state index in [-0.39, 0.29) is 21.7 Å². The van der Waals surface area contributed by atoms with Gasteiger partial charge in [0.2, 0.25) is 0 Å². The summed E-state index contributed by atoms with van der Waals surface area (Å²) in [6, 6.07) is 0. The number of hydrogen-bond acceptors (Lipinski definition) is 3. The van der Waals surface area contributed by atoms with Crippen molar-refractivity contribution in [2.24, 2.45) is 51.2 Å². The van der Waals surface area contributed by atoms with Gasteiger partial charge < -0.3 is 4.74 Å². The zero-order valence-corrected chi connectivity index (χ0v) is 20.3.